The predicted octanol–water partition coefficient (Wildman–Crippen LogP) is 2.62. The maximum Gasteiger partial charge on any atom is 0.294 e. The smallest absolute Gasteiger partial charge is 0.294 e. The van der Waals surface area contributed by atoms with Crippen LogP contribution < -0.4 is 9.47 Å². The van der Waals surface area contributed by atoms with Gasteiger partial charge in [0, 0.05) is 6.07 Å². The topological polar surface area (TPSA) is 74.7 Å². The molecule has 0 fully saturated rings. The zero-order chi connectivity index (χ0) is 14.4. The quantitative estimate of drug-likeness (QED) is 0.579. The van der Waals surface area contributed by atoms with Crippen LogP contribution in [0.1, 0.15) is 0 Å². The summed E-state index contributed by atoms with van der Waals surface area (Å²) in [5.74, 6) is 1.19. The minimum Gasteiger partial charge on any atom is -0.497 e. The third-order valence-electron chi connectivity index (χ3n) is 3.01. The molecule has 3 heterocycles. The molecule has 0 radical (unpaired) electrons. The number of fused-ring (bicyclic) bond motifs is 2. The van der Waals surface area contributed by atoms with Crippen LogP contribution in [0, 0.1) is 0 Å². The molecule has 0 amide bonds. The number of hydrogen-bond acceptors (Lipinski definition) is 7. The number of imidazole rings is 1. The summed E-state index contributed by atoms with van der Waals surface area (Å²) in [6, 6.07) is 5.47. The van der Waals surface area contributed by atoms with Crippen LogP contribution in [-0.2, 0) is 0 Å². The van der Waals surface area contributed by atoms with E-state index < -0.39 is 0 Å². The van der Waals surface area contributed by atoms with Gasteiger partial charge in [0.05, 0.1) is 20.4 Å². The fourth-order valence-corrected chi connectivity index (χ4v) is 2.71. The summed E-state index contributed by atoms with van der Waals surface area (Å²) in [7, 11) is 3.19. The van der Waals surface area contributed by atoms with E-state index >= 15 is 0 Å². The normalized spacial score (nSPS) is 11.3. The maximum atomic E-state index is 5.71. The standard InChI is InChI=1S/C13H10N4O3S/c1-18-7-3-4-10-8(5-7)14-11(20-10)9-6-17-12(15-9)21-13(16-17)19-2/h3-6H,1-2H3. The van der Waals surface area contributed by atoms with Gasteiger partial charge in [0.2, 0.25) is 10.9 Å². The zero-order valence-corrected chi connectivity index (χ0v) is 12.0. The first-order chi connectivity index (χ1) is 10.3. The lowest BCUT2D eigenvalue weighted by atomic mass is 10.3. The summed E-state index contributed by atoms with van der Waals surface area (Å²) in [5.41, 5.74) is 2.05. The fraction of sp³-hybridized carbons (Fsp3) is 0.154. The van der Waals surface area contributed by atoms with E-state index in [4.69, 9.17) is 13.9 Å². The minimum absolute atomic E-state index is 0.454. The van der Waals surface area contributed by atoms with Gasteiger partial charge in [-0.15, -0.1) is 5.10 Å². The summed E-state index contributed by atoms with van der Waals surface area (Å²) in [4.78, 5) is 9.60. The zero-order valence-electron chi connectivity index (χ0n) is 11.2. The van der Waals surface area contributed by atoms with Crippen molar-refractivity contribution in [1.29, 1.82) is 0 Å². The van der Waals surface area contributed by atoms with Gasteiger partial charge in [-0.3, -0.25) is 0 Å². The fourth-order valence-electron chi connectivity index (χ4n) is 2.01. The Bertz CT molecular complexity index is 908. The first-order valence-corrected chi connectivity index (χ1v) is 6.93. The second kappa shape index (κ2) is 4.45. The van der Waals surface area contributed by atoms with Crippen molar-refractivity contribution >= 4 is 27.4 Å². The maximum absolute atomic E-state index is 5.71. The van der Waals surface area contributed by atoms with Gasteiger partial charge < -0.3 is 13.9 Å². The Hall–Kier alpha value is -2.61. The van der Waals surface area contributed by atoms with Gasteiger partial charge in [-0.05, 0) is 23.5 Å². The highest BCUT2D eigenvalue weighted by Gasteiger charge is 2.15. The molecule has 0 aliphatic heterocycles. The highest BCUT2D eigenvalue weighted by Crippen LogP contribution is 2.28. The molecular weight excluding hydrogens is 292 g/mol. The lowest BCUT2D eigenvalue weighted by Gasteiger charge is -1.95. The summed E-state index contributed by atoms with van der Waals surface area (Å²) < 4.78 is 17.6. The summed E-state index contributed by atoms with van der Waals surface area (Å²) in [6.45, 7) is 0. The first kappa shape index (κ1) is 12.2. The van der Waals surface area contributed by atoms with Crippen LogP contribution in [0.3, 0.4) is 0 Å². The third-order valence-corrected chi connectivity index (χ3v) is 3.90. The minimum atomic E-state index is 0.454. The Labute approximate surface area is 122 Å². The highest BCUT2D eigenvalue weighted by atomic mass is 32.1. The average molecular weight is 302 g/mol. The Morgan fingerprint density at radius 3 is 2.86 bits per heavy atom. The number of aromatic nitrogens is 4. The third kappa shape index (κ3) is 1.91. The average Bonchev–Trinajstić information content (AvgIpc) is 3.17. The van der Waals surface area contributed by atoms with Gasteiger partial charge >= 0.3 is 0 Å². The SMILES string of the molecule is COc1ccc2oc(-c3cn4nc(OC)sc4n3)nc2c1. The van der Waals surface area contributed by atoms with Gasteiger partial charge in [0.25, 0.3) is 5.19 Å². The summed E-state index contributed by atoms with van der Waals surface area (Å²) >= 11 is 1.35. The second-order valence-corrected chi connectivity index (χ2v) is 5.20. The monoisotopic (exact) mass is 302 g/mol. The van der Waals surface area contributed by atoms with E-state index in [9.17, 15) is 0 Å². The Morgan fingerprint density at radius 1 is 1.19 bits per heavy atom. The number of oxazole rings is 1. The molecule has 7 nitrogen and oxygen atoms in total. The van der Waals surface area contributed by atoms with Crippen molar-refractivity contribution in [3.8, 4) is 22.5 Å². The van der Waals surface area contributed by atoms with E-state index in [0.717, 1.165) is 16.2 Å². The number of benzene rings is 1. The molecule has 8 heteroatoms. The van der Waals surface area contributed by atoms with Crippen LogP contribution in [0.5, 0.6) is 10.9 Å². The van der Waals surface area contributed by atoms with E-state index in [1.165, 1.54) is 11.3 Å². The number of ether oxygens (including phenoxy) is 2. The molecule has 4 aromatic rings. The first-order valence-electron chi connectivity index (χ1n) is 6.12. The molecule has 0 spiro atoms. The molecular formula is C13H10N4O3S. The number of nitrogens with zero attached hydrogens (tertiary/aromatic N) is 4. The van der Waals surface area contributed by atoms with E-state index in [2.05, 4.69) is 15.1 Å². The van der Waals surface area contributed by atoms with Crippen molar-refractivity contribution in [1.82, 2.24) is 19.6 Å². The molecule has 4 rings (SSSR count). The van der Waals surface area contributed by atoms with Crippen molar-refractivity contribution in [2.24, 2.45) is 0 Å². The predicted molar refractivity (Wildman–Crippen MR) is 77.0 cm³/mol. The largest absolute Gasteiger partial charge is 0.497 e. The molecule has 0 N–H and O–H groups in total. The van der Waals surface area contributed by atoms with Gasteiger partial charge in [0.15, 0.2) is 5.58 Å². The molecule has 0 bridgehead atoms. The van der Waals surface area contributed by atoms with Crippen LogP contribution >= 0.6 is 11.3 Å². The van der Waals surface area contributed by atoms with Crippen LogP contribution in [0.25, 0.3) is 27.6 Å². The molecule has 0 aliphatic rings. The van der Waals surface area contributed by atoms with E-state index in [-0.39, 0.29) is 0 Å². The molecule has 3 aromatic heterocycles. The van der Waals surface area contributed by atoms with Crippen molar-refractivity contribution in [2.75, 3.05) is 14.2 Å². The second-order valence-electron chi connectivity index (χ2n) is 4.28. The molecule has 106 valence electrons. The van der Waals surface area contributed by atoms with E-state index in [1.54, 1.807) is 24.9 Å². The van der Waals surface area contributed by atoms with Gasteiger partial charge in [0.1, 0.15) is 17.0 Å². The van der Waals surface area contributed by atoms with Gasteiger partial charge in [-0.25, -0.2) is 14.5 Å². The lowest BCUT2D eigenvalue weighted by Crippen LogP contribution is -1.84. The summed E-state index contributed by atoms with van der Waals surface area (Å²) in [5, 5.41) is 4.78. The lowest BCUT2D eigenvalue weighted by molar-refractivity contribution is 0.405. The van der Waals surface area contributed by atoms with Crippen molar-refractivity contribution in [2.45, 2.75) is 0 Å². The van der Waals surface area contributed by atoms with Crippen LogP contribution in [-0.4, -0.2) is 33.8 Å². The Balaban J connectivity index is 1.81. The molecule has 21 heavy (non-hydrogen) atoms. The van der Waals surface area contributed by atoms with Gasteiger partial charge in [-0.1, -0.05) is 0 Å². The van der Waals surface area contributed by atoms with E-state index in [1.807, 2.05) is 18.2 Å². The van der Waals surface area contributed by atoms with Gasteiger partial charge in [-0.2, -0.15) is 0 Å². The highest BCUT2D eigenvalue weighted by molar-refractivity contribution is 7.18. The van der Waals surface area contributed by atoms with Crippen molar-refractivity contribution in [3.63, 3.8) is 0 Å². The molecule has 0 atom stereocenters. The summed E-state index contributed by atoms with van der Waals surface area (Å²) in [6.07, 6.45) is 1.76. The number of hydrogen-bond donors (Lipinski definition) is 0. The van der Waals surface area contributed by atoms with Crippen molar-refractivity contribution < 1.29 is 13.9 Å². The molecule has 0 saturated heterocycles. The molecule has 1 aromatic carbocycles. The number of methoxy groups -OCH3 is 2. The van der Waals surface area contributed by atoms with Crippen LogP contribution in [0.15, 0.2) is 28.8 Å². The Morgan fingerprint density at radius 2 is 2.10 bits per heavy atom. The van der Waals surface area contributed by atoms with Crippen LogP contribution in [0.2, 0.25) is 0 Å². The van der Waals surface area contributed by atoms with Crippen molar-refractivity contribution in [3.05, 3.63) is 24.4 Å². The molecule has 0 saturated carbocycles. The molecule has 0 unspecified atom stereocenters. The van der Waals surface area contributed by atoms with E-state index in [0.29, 0.717) is 22.4 Å². The number of rotatable bonds is 3. The van der Waals surface area contributed by atoms with Crippen LogP contribution in [0.4, 0.5) is 0 Å². The Kier molecular flexibility index (Phi) is 2.58. The molecule has 0 aliphatic carbocycles.